The van der Waals surface area contributed by atoms with E-state index >= 15 is 0 Å². The zero-order valence-electron chi connectivity index (χ0n) is 18.0. The Morgan fingerprint density at radius 1 is 1.00 bits per heavy atom. The van der Waals surface area contributed by atoms with Crippen LogP contribution >= 0.6 is 0 Å². The molecule has 166 valence electrons. The second-order valence-electron chi connectivity index (χ2n) is 8.23. The number of rotatable bonds is 10. The molecule has 31 heavy (non-hydrogen) atoms. The van der Waals surface area contributed by atoms with Crippen molar-refractivity contribution in [1.82, 2.24) is 5.32 Å². The van der Waals surface area contributed by atoms with E-state index in [0.717, 1.165) is 32.2 Å². The fourth-order valence-corrected chi connectivity index (χ4v) is 4.24. The molecule has 1 saturated carbocycles. The molecule has 0 bridgehead atoms. The Morgan fingerprint density at radius 2 is 1.65 bits per heavy atom. The number of hydrogen-bond acceptors (Lipinski definition) is 6. The summed E-state index contributed by atoms with van der Waals surface area (Å²) in [7, 11) is -1.18. The maximum Gasteiger partial charge on any atom is 0.451 e. The van der Waals surface area contributed by atoms with Gasteiger partial charge in [0.05, 0.1) is 0 Å². The van der Waals surface area contributed by atoms with Crippen LogP contribution in [0.5, 0.6) is 0 Å². The molecule has 0 spiro atoms. The Labute approximate surface area is 185 Å². The van der Waals surface area contributed by atoms with E-state index in [1.807, 2.05) is 6.07 Å². The standard InChI is InChI=1S/C23H33BN2O2.CO2/c25-23(8-4-5-15-24(27)28)21-13-14-22(16-21)26-17-18-9-11-20(12-10-18)19-6-2-1-3-7-19;2-1-3/h1-3,6-7,9-12,21-23,26-28H,4-5,8,13-17,25H2;/t21-,22+,23?;/m0./s1. The Balaban J connectivity index is 0.00000107. The molecule has 5 N–H and O–H groups in total. The van der Waals surface area contributed by atoms with Gasteiger partial charge in [-0.3, -0.25) is 0 Å². The second-order valence-corrected chi connectivity index (χ2v) is 8.23. The van der Waals surface area contributed by atoms with E-state index in [-0.39, 0.29) is 12.2 Å². The molecular formula is C24H33BN2O4. The van der Waals surface area contributed by atoms with E-state index < -0.39 is 7.12 Å². The van der Waals surface area contributed by atoms with Crippen molar-refractivity contribution in [2.24, 2.45) is 11.7 Å². The lowest BCUT2D eigenvalue weighted by molar-refractivity contribution is -0.191. The smallest absolute Gasteiger partial charge is 0.427 e. The monoisotopic (exact) mass is 424 g/mol. The molecule has 2 aromatic rings. The number of nitrogens with two attached hydrogens (primary N) is 1. The predicted molar refractivity (Wildman–Crippen MR) is 122 cm³/mol. The van der Waals surface area contributed by atoms with E-state index in [1.165, 1.54) is 29.5 Å². The minimum Gasteiger partial charge on any atom is -0.427 e. The van der Waals surface area contributed by atoms with Crippen molar-refractivity contribution in [1.29, 1.82) is 0 Å². The third-order valence-electron chi connectivity index (χ3n) is 5.98. The van der Waals surface area contributed by atoms with Crippen molar-refractivity contribution in [3.8, 4) is 11.1 Å². The van der Waals surface area contributed by atoms with E-state index in [1.54, 1.807) is 0 Å². The first-order valence-corrected chi connectivity index (χ1v) is 11.0. The van der Waals surface area contributed by atoms with Gasteiger partial charge in [-0.2, -0.15) is 9.59 Å². The average molecular weight is 424 g/mol. The van der Waals surface area contributed by atoms with Gasteiger partial charge >= 0.3 is 13.3 Å². The molecule has 1 fully saturated rings. The minimum absolute atomic E-state index is 0.229. The highest BCUT2D eigenvalue weighted by atomic mass is 16.4. The molecule has 0 saturated heterocycles. The Morgan fingerprint density at radius 3 is 2.29 bits per heavy atom. The first kappa shape index (κ1) is 25.0. The van der Waals surface area contributed by atoms with Crippen molar-refractivity contribution in [2.75, 3.05) is 0 Å². The predicted octanol–water partition coefficient (Wildman–Crippen LogP) is 3.00. The molecule has 0 radical (unpaired) electrons. The van der Waals surface area contributed by atoms with Crippen LogP contribution < -0.4 is 11.1 Å². The van der Waals surface area contributed by atoms with Crippen LogP contribution in [0.15, 0.2) is 54.6 Å². The molecule has 0 amide bonds. The third kappa shape index (κ3) is 9.17. The van der Waals surface area contributed by atoms with Gasteiger partial charge in [-0.15, -0.1) is 0 Å². The van der Waals surface area contributed by atoms with E-state index in [9.17, 15) is 0 Å². The van der Waals surface area contributed by atoms with Crippen LogP contribution in [0, 0.1) is 5.92 Å². The molecule has 2 aromatic carbocycles. The summed E-state index contributed by atoms with van der Waals surface area (Å²) in [6, 6.07) is 20.1. The normalized spacial score (nSPS) is 18.5. The lowest BCUT2D eigenvalue weighted by atomic mass is 9.82. The molecule has 0 aromatic heterocycles. The summed E-state index contributed by atoms with van der Waals surface area (Å²) in [5.74, 6) is 0.581. The number of hydrogen-bond donors (Lipinski definition) is 4. The van der Waals surface area contributed by atoms with Gasteiger partial charge < -0.3 is 21.1 Å². The number of unbranched alkanes of at least 4 members (excludes halogenated alkanes) is 1. The van der Waals surface area contributed by atoms with Crippen LogP contribution in [0.3, 0.4) is 0 Å². The summed E-state index contributed by atoms with van der Waals surface area (Å²) in [6.07, 6.45) is 7.01. The molecule has 6 nitrogen and oxygen atoms in total. The summed E-state index contributed by atoms with van der Waals surface area (Å²) in [5.41, 5.74) is 10.2. The van der Waals surface area contributed by atoms with Crippen molar-refractivity contribution >= 4 is 13.3 Å². The average Bonchev–Trinajstić information content (AvgIpc) is 3.26. The van der Waals surface area contributed by atoms with Gasteiger partial charge in [0.2, 0.25) is 0 Å². The molecule has 1 aliphatic carbocycles. The van der Waals surface area contributed by atoms with Crippen molar-refractivity contribution in [3.63, 3.8) is 0 Å². The molecule has 3 rings (SSSR count). The highest BCUT2D eigenvalue weighted by Gasteiger charge is 2.28. The van der Waals surface area contributed by atoms with Gasteiger partial charge in [-0.1, -0.05) is 67.4 Å². The number of carbonyl (C=O) groups excluding carboxylic acids is 2. The largest absolute Gasteiger partial charge is 0.451 e. The van der Waals surface area contributed by atoms with Crippen molar-refractivity contribution in [3.05, 3.63) is 60.2 Å². The second kappa shape index (κ2) is 13.9. The van der Waals surface area contributed by atoms with Crippen LogP contribution in [-0.4, -0.2) is 35.4 Å². The summed E-state index contributed by atoms with van der Waals surface area (Å²) in [4.78, 5) is 16.2. The SMILES string of the molecule is NC(CCCCB(O)O)[C@H]1CC[C@@H](NCc2ccc(-c3ccccc3)cc2)C1.O=C=O. The highest BCUT2D eigenvalue weighted by Crippen LogP contribution is 2.30. The van der Waals surface area contributed by atoms with E-state index in [4.69, 9.17) is 25.4 Å². The van der Waals surface area contributed by atoms with E-state index in [0.29, 0.717) is 18.3 Å². The van der Waals surface area contributed by atoms with E-state index in [2.05, 4.69) is 53.8 Å². The van der Waals surface area contributed by atoms with Crippen LogP contribution in [0.2, 0.25) is 6.32 Å². The zero-order chi connectivity index (χ0) is 22.5. The third-order valence-corrected chi connectivity index (χ3v) is 5.98. The van der Waals surface area contributed by atoms with Gasteiger partial charge in [0.15, 0.2) is 0 Å². The first-order chi connectivity index (χ1) is 15.0. The molecular weight excluding hydrogens is 391 g/mol. The maximum atomic E-state index is 8.91. The maximum absolute atomic E-state index is 8.91. The molecule has 7 heteroatoms. The minimum atomic E-state index is -1.18. The summed E-state index contributed by atoms with van der Waals surface area (Å²) in [5, 5.41) is 21.5. The molecule has 3 atom stereocenters. The quantitative estimate of drug-likeness (QED) is 0.345. The van der Waals surface area contributed by atoms with Gasteiger partial charge in [0.1, 0.15) is 0 Å². The van der Waals surface area contributed by atoms with Gasteiger partial charge in [0.25, 0.3) is 0 Å². The lowest BCUT2D eigenvalue weighted by Gasteiger charge is -2.20. The van der Waals surface area contributed by atoms with Gasteiger partial charge in [0, 0.05) is 18.6 Å². The number of nitrogens with one attached hydrogen (secondary N) is 1. The molecule has 1 aliphatic rings. The topological polar surface area (TPSA) is 113 Å². The van der Waals surface area contributed by atoms with Gasteiger partial charge in [-0.05, 0) is 54.6 Å². The summed E-state index contributed by atoms with van der Waals surface area (Å²) in [6.45, 7) is 0.899. The zero-order valence-corrected chi connectivity index (χ0v) is 18.0. The Bertz CT molecular complexity index is 780. The van der Waals surface area contributed by atoms with Crippen LogP contribution in [0.4, 0.5) is 0 Å². The van der Waals surface area contributed by atoms with Crippen LogP contribution in [-0.2, 0) is 16.1 Å². The Hall–Kier alpha value is -2.28. The van der Waals surface area contributed by atoms with Crippen molar-refractivity contribution in [2.45, 2.75) is 63.5 Å². The highest BCUT2D eigenvalue weighted by molar-refractivity contribution is 6.40. The molecule has 0 aliphatic heterocycles. The molecule has 1 unspecified atom stereocenters. The Kier molecular flexibility index (Phi) is 11.2. The fourth-order valence-electron chi connectivity index (χ4n) is 4.24. The van der Waals surface area contributed by atoms with Crippen molar-refractivity contribution < 1.29 is 19.6 Å². The lowest BCUT2D eigenvalue weighted by Crippen LogP contribution is -2.31. The van der Waals surface area contributed by atoms with Gasteiger partial charge in [-0.25, -0.2) is 0 Å². The fraction of sp³-hybridized carbons (Fsp3) is 0.458. The summed E-state index contributed by atoms with van der Waals surface area (Å²) >= 11 is 0. The first-order valence-electron chi connectivity index (χ1n) is 11.0. The molecule has 0 heterocycles. The number of benzene rings is 2. The van der Waals surface area contributed by atoms with Crippen LogP contribution in [0.1, 0.15) is 44.1 Å². The summed E-state index contributed by atoms with van der Waals surface area (Å²) < 4.78 is 0. The van der Waals surface area contributed by atoms with Crippen LogP contribution in [0.25, 0.3) is 11.1 Å².